The van der Waals surface area contributed by atoms with Crippen LogP contribution in [0.5, 0.6) is 0 Å². The molecule has 104 valence electrons. The van der Waals surface area contributed by atoms with Crippen LogP contribution in [0.4, 0.5) is 0 Å². The summed E-state index contributed by atoms with van der Waals surface area (Å²) in [4.78, 5) is 2.58. The zero-order valence-electron chi connectivity index (χ0n) is 13.1. The average molecular weight is 242 g/mol. The lowest BCUT2D eigenvalue weighted by atomic mass is 9.96. The smallest absolute Gasteiger partial charge is 0.0246 e. The van der Waals surface area contributed by atoms with Gasteiger partial charge in [-0.15, -0.1) is 0 Å². The van der Waals surface area contributed by atoms with E-state index in [-0.39, 0.29) is 0 Å². The molecule has 2 nitrogen and oxygen atoms in total. The van der Waals surface area contributed by atoms with Crippen LogP contribution in [-0.4, -0.2) is 37.1 Å². The van der Waals surface area contributed by atoms with Crippen LogP contribution < -0.4 is 5.32 Å². The second kappa shape index (κ2) is 8.93. The Bertz CT molecular complexity index is 180. The van der Waals surface area contributed by atoms with Crippen LogP contribution in [0.15, 0.2) is 0 Å². The molecule has 17 heavy (non-hydrogen) atoms. The summed E-state index contributed by atoms with van der Waals surface area (Å²) in [7, 11) is 4.39. The van der Waals surface area contributed by atoms with Gasteiger partial charge in [0.05, 0.1) is 0 Å². The van der Waals surface area contributed by atoms with Gasteiger partial charge in [-0.3, -0.25) is 4.90 Å². The maximum absolute atomic E-state index is 3.50. The Hall–Kier alpha value is -0.0800. The van der Waals surface area contributed by atoms with Gasteiger partial charge in [-0.25, -0.2) is 0 Å². The Morgan fingerprint density at radius 2 is 1.71 bits per heavy atom. The van der Waals surface area contributed by atoms with Crippen LogP contribution in [0.1, 0.15) is 60.3 Å². The monoisotopic (exact) mass is 242 g/mol. The van der Waals surface area contributed by atoms with Gasteiger partial charge in [-0.2, -0.15) is 0 Å². The fourth-order valence-electron chi connectivity index (χ4n) is 2.87. The van der Waals surface area contributed by atoms with Crippen molar-refractivity contribution >= 4 is 0 Å². The minimum Gasteiger partial charge on any atom is -0.315 e. The minimum absolute atomic E-state index is 0.629. The highest BCUT2D eigenvalue weighted by molar-refractivity contribution is 4.83. The van der Waals surface area contributed by atoms with Crippen molar-refractivity contribution in [3.8, 4) is 0 Å². The molecule has 0 heterocycles. The van der Waals surface area contributed by atoms with E-state index < -0.39 is 0 Å². The van der Waals surface area contributed by atoms with Crippen LogP contribution in [0.2, 0.25) is 0 Å². The molecule has 0 aliphatic carbocycles. The van der Waals surface area contributed by atoms with Crippen LogP contribution in [-0.2, 0) is 0 Å². The highest BCUT2D eigenvalue weighted by Crippen LogP contribution is 2.18. The second-order valence-electron chi connectivity index (χ2n) is 5.80. The molecule has 0 aromatic heterocycles. The van der Waals surface area contributed by atoms with Gasteiger partial charge >= 0.3 is 0 Å². The molecule has 0 spiro atoms. The van der Waals surface area contributed by atoms with Crippen LogP contribution >= 0.6 is 0 Å². The molecule has 0 aliphatic heterocycles. The standard InChI is InChI=1S/C15H34N2/c1-8-10-14(16-6)15(9-2)17(7)13(5)11-12(3)4/h12-16H,8-11H2,1-7H3. The fourth-order valence-corrected chi connectivity index (χ4v) is 2.87. The first-order valence-corrected chi connectivity index (χ1v) is 7.36. The highest BCUT2D eigenvalue weighted by atomic mass is 15.2. The predicted molar refractivity (Wildman–Crippen MR) is 78.5 cm³/mol. The van der Waals surface area contributed by atoms with Gasteiger partial charge in [0.25, 0.3) is 0 Å². The van der Waals surface area contributed by atoms with Crippen molar-refractivity contribution in [1.29, 1.82) is 0 Å². The zero-order valence-corrected chi connectivity index (χ0v) is 13.1. The Morgan fingerprint density at radius 1 is 1.12 bits per heavy atom. The molecule has 0 bridgehead atoms. The first kappa shape index (κ1) is 16.9. The normalized spacial score (nSPS) is 17.5. The summed E-state index contributed by atoms with van der Waals surface area (Å²) >= 11 is 0. The number of likely N-dealkylation sites (N-methyl/N-ethyl adjacent to an activating group) is 2. The van der Waals surface area contributed by atoms with Crippen molar-refractivity contribution in [3.05, 3.63) is 0 Å². The quantitative estimate of drug-likeness (QED) is 0.665. The molecule has 0 rings (SSSR count). The van der Waals surface area contributed by atoms with E-state index in [1.165, 1.54) is 25.7 Å². The lowest BCUT2D eigenvalue weighted by molar-refractivity contribution is 0.126. The molecule has 0 aliphatic rings. The first-order valence-electron chi connectivity index (χ1n) is 7.36. The van der Waals surface area contributed by atoms with E-state index in [9.17, 15) is 0 Å². The first-order chi connectivity index (χ1) is 7.97. The number of nitrogens with zero attached hydrogens (tertiary/aromatic N) is 1. The molecule has 2 heteroatoms. The van der Waals surface area contributed by atoms with Gasteiger partial charge in [-0.1, -0.05) is 34.1 Å². The Morgan fingerprint density at radius 3 is 2.06 bits per heavy atom. The van der Waals surface area contributed by atoms with E-state index in [0.29, 0.717) is 18.1 Å². The molecule has 0 amide bonds. The number of rotatable bonds is 9. The maximum atomic E-state index is 3.50. The molecule has 0 fully saturated rings. The molecule has 1 N–H and O–H groups in total. The van der Waals surface area contributed by atoms with E-state index in [1.54, 1.807) is 0 Å². The molecule has 0 saturated heterocycles. The summed E-state index contributed by atoms with van der Waals surface area (Å²) < 4.78 is 0. The molecule has 0 aromatic carbocycles. The summed E-state index contributed by atoms with van der Waals surface area (Å²) in [6.07, 6.45) is 5.04. The van der Waals surface area contributed by atoms with Crippen molar-refractivity contribution in [3.63, 3.8) is 0 Å². The summed E-state index contributed by atoms with van der Waals surface area (Å²) in [6, 6.07) is 1.96. The van der Waals surface area contributed by atoms with Gasteiger partial charge in [0.2, 0.25) is 0 Å². The van der Waals surface area contributed by atoms with Gasteiger partial charge in [0.1, 0.15) is 0 Å². The van der Waals surface area contributed by atoms with Gasteiger partial charge in [-0.05, 0) is 46.2 Å². The van der Waals surface area contributed by atoms with E-state index in [1.807, 2.05) is 0 Å². The van der Waals surface area contributed by atoms with Crippen molar-refractivity contribution < 1.29 is 0 Å². The van der Waals surface area contributed by atoms with Gasteiger partial charge in [0, 0.05) is 18.1 Å². The number of hydrogen-bond acceptors (Lipinski definition) is 2. The lowest BCUT2D eigenvalue weighted by Crippen LogP contribution is -2.50. The molecule has 0 saturated carbocycles. The molecule has 3 unspecified atom stereocenters. The van der Waals surface area contributed by atoms with E-state index >= 15 is 0 Å². The van der Waals surface area contributed by atoms with E-state index in [0.717, 1.165) is 5.92 Å². The van der Waals surface area contributed by atoms with Gasteiger partial charge < -0.3 is 5.32 Å². The van der Waals surface area contributed by atoms with Crippen LogP contribution in [0.3, 0.4) is 0 Å². The third kappa shape index (κ3) is 5.87. The Labute approximate surface area is 109 Å². The third-order valence-corrected chi connectivity index (χ3v) is 3.88. The van der Waals surface area contributed by atoms with Crippen molar-refractivity contribution in [2.24, 2.45) is 5.92 Å². The summed E-state index contributed by atoms with van der Waals surface area (Å²) in [6.45, 7) is 11.6. The largest absolute Gasteiger partial charge is 0.315 e. The molecule has 0 aromatic rings. The van der Waals surface area contributed by atoms with Crippen molar-refractivity contribution in [2.75, 3.05) is 14.1 Å². The zero-order chi connectivity index (χ0) is 13.4. The predicted octanol–water partition coefficient (Wildman–Crippen LogP) is 3.52. The minimum atomic E-state index is 0.629. The van der Waals surface area contributed by atoms with Gasteiger partial charge in [0.15, 0.2) is 0 Å². The molecular formula is C15H34N2. The van der Waals surface area contributed by atoms with Crippen molar-refractivity contribution in [2.45, 2.75) is 78.4 Å². The third-order valence-electron chi connectivity index (χ3n) is 3.88. The highest BCUT2D eigenvalue weighted by Gasteiger charge is 2.25. The van der Waals surface area contributed by atoms with Crippen LogP contribution in [0.25, 0.3) is 0 Å². The number of nitrogens with one attached hydrogen (secondary N) is 1. The summed E-state index contributed by atoms with van der Waals surface area (Å²) in [5.41, 5.74) is 0. The van der Waals surface area contributed by atoms with Crippen LogP contribution in [0, 0.1) is 5.92 Å². The topological polar surface area (TPSA) is 15.3 Å². The SMILES string of the molecule is CCCC(NC)C(CC)N(C)C(C)CC(C)C. The molecule has 3 atom stereocenters. The maximum Gasteiger partial charge on any atom is 0.0246 e. The Kier molecular flexibility index (Phi) is 8.89. The van der Waals surface area contributed by atoms with E-state index in [4.69, 9.17) is 0 Å². The van der Waals surface area contributed by atoms with E-state index in [2.05, 4.69) is 58.9 Å². The number of hydrogen-bond donors (Lipinski definition) is 1. The lowest BCUT2D eigenvalue weighted by Gasteiger charge is -2.38. The molecule has 0 radical (unpaired) electrons. The van der Waals surface area contributed by atoms with Crippen molar-refractivity contribution in [1.82, 2.24) is 10.2 Å². The Balaban J connectivity index is 4.50. The second-order valence-corrected chi connectivity index (χ2v) is 5.80. The molecular weight excluding hydrogens is 208 g/mol. The average Bonchev–Trinajstić information content (AvgIpc) is 2.27. The summed E-state index contributed by atoms with van der Waals surface area (Å²) in [5, 5.41) is 3.50. The fraction of sp³-hybridized carbons (Fsp3) is 1.00. The summed E-state index contributed by atoms with van der Waals surface area (Å²) in [5.74, 6) is 0.782.